The van der Waals surface area contributed by atoms with E-state index in [1.54, 1.807) is 7.11 Å². The molecule has 0 saturated heterocycles. The summed E-state index contributed by atoms with van der Waals surface area (Å²) in [5, 5.41) is 3.25. The highest BCUT2D eigenvalue weighted by Gasteiger charge is 2.22. The zero-order valence-electron chi connectivity index (χ0n) is 11.8. The van der Waals surface area contributed by atoms with E-state index < -0.39 is 5.97 Å². The maximum Gasteiger partial charge on any atom is 0.339 e. The predicted octanol–water partition coefficient (Wildman–Crippen LogP) is 2.98. The maximum absolute atomic E-state index is 13.4. The molecule has 0 radical (unpaired) electrons. The van der Waals surface area contributed by atoms with E-state index in [-0.39, 0.29) is 11.9 Å². The lowest BCUT2D eigenvalue weighted by atomic mass is 9.92. The number of carbonyl (C=O) groups excluding carboxylic acids is 1. The molecule has 4 nitrogen and oxygen atoms in total. The Balaban J connectivity index is 2.08. The molecular weight excluding hydrogens is 261 g/mol. The van der Waals surface area contributed by atoms with E-state index in [9.17, 15) is 9.18 Å². The molecule has 1 N–H and O–H groups in total. The molecule has 1 aromatic rings. The fourth-order valence-electron chi connectivity index (χ4n) is 2.59. The van der Waals surface area contributed by atoms with Crippen LogP contribution in [-0.4, -0.2) is 32.3 Å². The Morgan fingerprint density at radius 1 is 1.25 bits per heavy atom. The van der Waals surface area contributed by atoms with Crippen molar-refractivity contribution in [3.63, 3.8) is 0 Å². The topological polar surface area (TPSA) is 47.6 Å². The SMILES string of the molecule is COC(=O)c1ccc(F)cc1NC1CCC(OC)CC1. The Labute approximate surface area is 118 Å². The average molecular weight is 281 g/mol. The van der Waals surface area contributed by atoms with Crippen LogP contribution in [0.25, 0.3) is 0 Å². The Morgan fingerprint density at radius 2 is 1.95 bits per heavy atom. The van der Waals surface area contributed by atoms with Gasteiger partial charge in [-0.2, -0.15) is 0 Å². The lowest BCUT2D eigenvalue weighted by Gasteiger charge is -2.29. The van der Waals surface area contributed by atoms with E-state index >= 15 is 0 Å². The highest BCUT2D eigenvalue weighted by Crippen LogP contribution is 2.26. The van der Waals surface area contributed by atoms with Crippen LogP contribution in [0.15, 0.2) is 18.2 Å². The van der Waals surface area contributed by atoms with Crippen LogP contribution >= 0.6 is 0 Å². The molecule has 2 rings (SSSR count). The predicted molar refractivity (Wildman–Crippen MR) is 74.4 cm³/mol. The molecule has 110 valence electrons. The lowest BCUT2D eigenvalue weighted by molar-refractivity contribution is 0.0600. The van der Waals surface area contributed by atoms with Gasteiger partial charge in [0.25, 0.3) is 0 Å². The number of hydrogen-bond donors (Lipinski definition) is 1. The number of benzene rings is 1. The van der Waals surface area contributed by atoms with Crippen molar-refractivity contribution in [1.82, 2.24) is 0 Å². The van der Waals surface area contributed by atoms with E-state index in [0.717, 1.165) is 25.7 Å². The molecule has 0 aromatic heterocycles. The third kappa shape index (κ3) is 3.48. The number of esters is 1. The molecule has 0 bridgehead atoms. The van der Waals surface area contributed by atoms with Gasteiger partial charge in [-0.05, 0) is 43.9 Å². The molecule has 20 heavy (non-hydrogen) atoms. The van der Waals surface area contributed by atoms with Crippen LogP contribution in [0, 0.1) is 5.82 Å². The summed E-state index contributed by atoms with van der Waals surface area (Å²) in [7, 11) is 3.04. The third-order valence-corrected chi connectivity index (χ3v) is 3.75. The van der Waals surface area contributed by atoms with Crippen LogP contribution in [0.4, 0.5) is 10.1 Å². The summed E-state index contributed by atoms with van der Waals surface area (Å²) in [5.74, 6) is -0.830. The van der Waals surface area contributed by atoms with Crippen molar-refractivity contribution in [2.24, 2.45) is 0 Å². The van der Waals surface area contributed by atoms with E-state index in [1.165, 1.54) is 25.3 Å². The number of ether oxygens (including phenoxy) is 2. The first kappa shape index (κ1) is 14.8. The second kappa shape index (κ2) is 6.70. The minimum absolute atomic E-state index is 0.228. The standard InChI is InChI=1S/C15H20FNO3/c1-19-12-6-4-11(5-7-12)17-14-9-10(16)3-8-13(14)15(18)20-2/h3,8-9,11-12,17H,4-7H2,1-2H3. The zero-order valence-corrected chi connectivity index (χ0v) is 11.8. The van der Waals surface area contributed by atoms with Crippen molar-refractivity contribution in [2.45, 2.75) is 37.8 Å². The fourth-order valence-corrected chi connectivity index (χ4v) is 2.59. The second-order valence-electron chi connectivity index (χ2n) is 5.04. The largest absolute Gasteiger partial charge is 0.465 e. The van der Waals surface area contributed by atoms with E-state index in [2.05, 4.69) is 5.32 Å². The van der Waals surface area contributed by atoms with Crippen molar-refractivity contribution in [1.29, 1.82) is 0 Å². The fraction of sp³-hybridized carbons (Fsp3) is 0.533. The summed E-state index contributed by atoms with van der Waals surface area (Å²) >= 11 is 0. The lowest BCUT2D eigenvalue weighted by Crippen LogP contribution is -2.29. The van der Waals surface area contributed by atoms with Crippen molar-refractivity contribution >= 4 is 11.7 Å². The van der Waals surface area contributed by atoms with E-state index in [4.69, 9.17) is 9.47 Å². The van der Waals surface area contributed by atoms with Crippen LogP contribution in [0.2, 0.25) is 0 Å². The molecule has 0 aliphatic heterocycles. The van der Waals surface area contributed by atoms with Crippen molar-refractivity contribution < 1.29 is 18.7 Å². The average Bonchev–Trinajstić information content (AvgIpc) is 2.47. The summed E-state index contributed by atoms with van der Waals surface area (Å²) in [6, 6.07) is 4.28. The smallest absolute Gasteiger partial charge is 0.339 e. The van der Waals surface area contributed by atoms with Gasteiger partial charge in [0.15, 0.2) is 0 Å². The highest BCUT2D eigenvalue weighted by atomic mass is 19.1. The molecule has 0 atom stereocenters. The van der Waals surface area contributed by atoms with E-state index in [0.29, 0.717) is 17.4 Å². The molecular formula is C15H20FNO3. The Bertz CT molecular complexity index is 470. The van der Waals surface area contributed by atoms with Gasteiger partial charge in [0, 0.05) is 13.2 Å². The van der Waals surface area contributed by atoms with Gasteiger partial charge in [-0.3, -0.25) is 0 Å². The van der Waals surface area contributed by atoms with Crippen LogP contribution in [0.5, 0.6) is 0 Å². The third-order valence-electron chi connectivity index (χ3n) is 3.75. The number of methoxy groups -OCH3 is 2. The molecule has 1 fully saturated rings. The summed E-state index contributed by atoms with van der Waals surface area (Å²) in [6.45, 7) is 0. The summed E-state index contributed by atoms with van der Waals surface area (Å²) in [4.78, 5) is 11.7. The first-order valence-electron chi connectivity index (χ1n) is 6.81. The van der Waals surface area contributed by atoms with Gasteiger partial charge in [0.2, 0.25) is 0 Å². The van der Waals surface area contributed by atoms with Crippen LogP contribution in [0.1, 0.15) is 36.0 Å². The number of carbonyl (C=O) groups is 1. The highest BCUT2D eigenvalue weighted by molar-refractivity contribution is 5.95. The number of halogens is 1. The molecule has 1 saturated carbocycles. The molecule has 1 aromatic carbocycles. The van der Waals surface area contributed by atoms with E-state index in [1.807, 2.05) is 0 Å². The quantitative estimate of drug-likeness (QED) is 0.862. The Morgan fingerprint density at radius 3 is 2.55 bits per heavy atom. The molecule has 0 amide bonds. The van der Waals surface area contributed by atoms with Gasteiger partial charge >= 0.3 is 5.97 Å². The van der Waals surface area contributed by atoms with Crippen LogP contribution in [-0.2, 0) is 9.47 Å². The minimum Gasteiger partial charge on any atom is -0.465 e. The van der Waals surface area contributed by atoms with Crippen LogP contribution in [0.3, 0.4) is 0 Å². The summed E-state index contributed by atoms with van der Waals surface area (Å²) in [6.07, 6.45) is 4.12. The molecule has 0 unspecified atom stereocenters. The summed E-state index contributed by atoms with van der Waals surface area (Å²) in [5.41, 5.74) is 0.862. The van der Waals surface area contributed by atoms with Gasteiger partial charge in [-0.15, -0.1) is 0 Å². The molecule has 1 aliphatic rings. The second-order valence-corrected chi connectivity index (χ2v) is 5.04. The number of nitrogens with one attached hydrogen (secondary N) is 1. The first-order valence-corrected chi connectivity index (χ1v) is 6.81. The minimum atomic E-state index is -0.460. The number of hydrogen-bond acceptors (Lipinski definition) is 4. The van der Waals surface area contributed by atoms with Gasteiger partial charge in [-0.1, -0.05) is 0 Å². The van der Waals surface area contributed by atoms with Crippen molar-refractivity contribution in [2.75, 3.05) is 19.5 Å². The Hall–Kier alpha value is -1.62. The molecule has 1 aliphatic carbocycles. The van der Waals surface area contributed by atoms with Crippen molar-refractivity contribution in [3.8, 4) is 0 Å². The summed E-state index contributed by atoms with van der Waals surface area (Å²) < 4.78 is 23.4. The molecule has 0 heterocycles. The van der Waals surface area contributed by atoms with Gasteiger partial charge in [0.05, 0.1) is 24.5 Å². The monoisotopic (exact) mass is 281 g/mol. The maximum atomic E-state index is 13.4. The number of anilines is 1. The van der Waals surface area contributed by atoms with Crippen molar-refractivity contribution in [3.05, 3.63) is 29.6 Å². The zero-order chi connectivity index (χ0) is 14.5. The normalized spacial score (nSPS) is 22.4. The first-order chi connectivity index (χ1) is 9.63. The molecule has 0 spiro atoms. The Kier molecular flexibility index (Phi) is 4.95. The number of rotatable bonds is 4. The van der Waals surface area contributed by atoms with Gasteiger partial charge in [0.1, 0.15) is 5.82 Å². The van der Waals surface area contributed by atoms with Crippen LogP contribution < -0.4 is 5.32 Å². The van der Waals surface area contributed by atoms with Gasteiger partial charge in [-0.25, -0.2) is 9.18 Å². The van der Waals surface area contributed by atoms with Gasteiger partial charge < -0.3 is 14.8 Å². The molecule has 5 heteroatoms.